The molecule has 0 amide bonds. The van der Waals surface area contributed by atoms with Gasteiger partial charge in [-0.3, -0.25) is 0 Å². The van der Waals surface area contributed by atoms with Crippen molar-refractivity contribution in [1.82, 2.24) is 19.5 Å². The van der Waals surface area contributed by atoms with Crippen LogP contribution in [-0.4, -0.2) is 19.5 Å². The Bertz CT molecular complexity index is 3920. The van der Waals surface area contributed by atoms with E-state index in [0.29, 0.717) is 17.5 Å². The van der Waals surface area contributed by atoms with Gasteiger partial charge in [0, 0.05) is 53.2 Å². The molecule has 0 radical (unpaired) electrons. The average Bonchev–Trinajstić information content (AvgIpc) is 3.92. The van der Waals surface area contributed by atoms with Crippen molar-refractivity contribution in [2.75, 3.05) is 0 Å². The number of hydrogen-bond donors (Lipinski definition) is 0. The predicted octanol–water partition coefficient (Wildman–Crippen LogP) is 16.0. The zero-order chi connectivity index (χ0) is 42.1. The Balaban J connectivity index is 1.06. The van der Waals surface area contributed by atoms with Gasteiger partial charge in [-0.1, -0.05) is 182 Å². The van der Waals surface area contributed by atoms with Gasteiger partial charge in [0.15, 0.2) is 17.5 Å². The molecule has 13 aromatic rings. The molecule has 0 atom stereocenters. The first kappa shape index (κ1) is 36.4. The second kappa shape index (κ2) is 14.7. The smallest absolute Gasteiger partial charge is 0.164 e. The summed E-state index contributed by atoms with van der Waals surface area (Å²) in [5, 5.41) is 9.58. The van der Waals surface area contributed by atoms with Crippen LogP contribution in [0.15, 0.2) is 218 Å². The normalized spacial score (nSPS) is 11.8. The molecule has 0 fully saturated rings. The third-order valence-corrected chi connectivity index (χ3v) is 13.9. The highest BCUT2D eigenvalue weighted by molar-refractivity contribution is 7.26. The van der Waals surface area contributed by atoms with Crippen LogP contribution in [0.2, 0.25) is 0 Å². The molecule has 0 N–H and O–H groups in total. The van der Waals surface area contributed by atoms with Gasteiger partial charge in [0.25, 0.3) is 0 Å². The molecule has 3 aromatic heterocycles. The van der Waals surface area contributed by atoms with Crippen LogP contribution in [0.4, 0.5) is 0 Å². The van der Waals surface area contributed by atoms with Crippen molar-refractivity contribution in [3.8, 4) is 62.1 Å². The largest absolute Gasteiger partial charge is 0.309 e. The zero-order valence-corrected chi connectivity index (χ0v) is 35.3. The van der Waals surface area contributed by atoms with E-state index < -0.39 is 0 Å². The predicted molar refractivity (Wildman–Crippen MR) is 269 cm³/mol. The molecule has 0 aliphatic heterocycles. The molecule has 3 heterocycles. The molecular formula is C59H36N4S. The molecule has 4 nitrogen and oxygen atoms in total. The lowest BCUT2D eigenvalue weighted by molar-refractivity contribution is 1.07. The fourth-order valence-electron chi connectivity index (χ4n) is 9.69. The first-order chi connectivity index (χ1) is 31.7. The van der Waals surface area contributed by atoms with Gasteiger partial charge in [0.1, 0.15) is 0 Å². The minimum absolute atomic E-state index is 0.607. The van der Waals surface area contributed by atoms with Crippen molar-refractivity contribution in [1.29, 1.82) is 0 Å². The van der Waals surface area contributed by atoms with Crippen LogP contribution in [0, 0.1) is 0 Å². The minimum atomic E-state index is 0.607. The van der Waals surface area contributed by atoms with E-state index in [1.807, 2.05) is 11.3 Å². The summed E-state index contributed by atoms with van der Waals surface area (Å²) in [5.74, 6) is 1.86. The highest BCUT2D eigenvalue weighted by atomic mass is 32.1. The number of nitrogens with zero attached hydrogens (tertiary/aromatic N) is 4. The van der Waals surface area contributed by atoms with Crippen LogP contribution in [0.5, 0.6) is 0 Å². The summed E-state index contributed by atoms with van der Waals surface area (Å²) in [6.45, 7) is 0. The molecule has 64 heavy (non-hydrogen) atoms. The van der Waals surface area contributed by atoms with E-state index in [9.17, 15) is 0 Å². The number of thiophene rings is 1. The van der Waals surface area contributed by atoms with Crippen LogP contribution in [-0.2, 0) is 0 Å². The van der Waals surface area contributed by atoms with Crippen molar-refractivity contribution < 1.29 is 0 Å². The van der Waals surface area contributed by atoms with Crippen molar-refractivity contribution in [3.05, 3.63) is 218 Å². The van der Waals surface area contributed by atoms with Crippen molar-refractivity contribution >= 4 is 74.9 Å². The first-order valence-electron chi connectivity index (χ1n) is 21.6. The molecule has 0 unspecified atom stereocenters. The fourth-order valence-corrected chi connectivity index (χ4v) is 10.9. The molecule has 0 aliphatic rings. The lowest BCUT2D eigenvalue weighted by Gasteiger charge is -2.17. The Morgan fingerprint density at radius 2 is 0.875 bits per heavy atom. The third-order valence-electron chi connectivity index (χ3n) is 12.6. The molecular weight excluding hydrogens is 797 g/mol. The summed E-state index contributed by atoms with van der Waals surface area (Å²) in [6, 6.07) is 78.0. The standard InChI is InChI=1S/C59H36N4S/c1-2-16-37(17-3-1)43-33-32-41(36-54(43)63-52-29-11-8-24-47(52)48-25-9-12-30-53(48)63)58-60-57(61-59(62-58)51-35-39-18-4-5-21-42(39)45-22-6-7-23-46(45)51)40-20-14-19-38(34-40)44-27-15-28-50-49-26-10-13-31-55(49)64-56(44)50/h1-36H. The van der Waals surface area contributed by atoms with E-state index >= 15 is 0 Å². The lowest BCUT2D eigenvalue weighted by atomic mass is 9.96. The number of fused-ring (bicyclic) bond motifs is 9. The Kier molecular flexibility index (Phi) is 8.36. The monoisotopic (exact) mass is 832 g/mol. The number of rotatable bonds is 6. The number of hydrogen-bond acceptors (Lipinski definition) is 4. The molecule has 0 aliphatic carbocycles. The molecule has 10 aromatic carbocycles. The Morgan fingerprint density at radius 3 is 1.66 bits per heavy atom. The highest BCUT2D eigenvalue weighted by Gasteiger charge is 2.21. The maximum absolute atomic E-state index is 5.42. The summed E-state index contributed by atoms with van der Waals surface area (Å²) in [7, 11) is 0. The second-order valence-electron chi connectivity index (χ2n) is 16.3. The third kappa shape index (κ3) is 5.86. The van der Waals surface area contributed by atoms with Gasteiger partial charge in [-0.25, -0.2) is 15.0 Å². The molecule has 13 rings (SSSR count). The highest BCUT2D eigenvalue weighted by Crippen LogP contribution is 2.42. The van der Waals surface area contributed by atoms with Crippen molar-refractivity contribution in [2.24, 2.45) is 0 Å². The van der Waals surface area contributed by atoms with Gasteiger partial charge >= 0.3 is 0 Å². The zero-order valence-electron chi connectivity index (χ0n) is 34.5. The Morgan fingerprint density at radius 1 is 0.312 bits per heavy atom. The Labute approximate surface area is 373 Å². The SMILES string of the molecule is c1ccc(-c2ccc(-c3nc(-c4cccc(-c5cccc6c5sc5ccccc56)c4)nc(-c4cc5ccccc5c5ccccc45)n3)cc2-n2c3ccccc3c3ccccc32)cc1. The van der Waals surface area contributed by atoms with Gasteiger partial charge in [0.05, 0.1) is 16.7 Å². The second-order valence-corrected chi connectivity index (χ2v) is 17.4. The van der Waals surface area contributed by atoms with Crippen molar-refractivity contribution in [3.63, 3.8) is 0 Å². The van der Waals surface area contributed by atoms with Crippen LogP contribution < -0.4 is 0 Å². The molecule has 0 saturated carbocycles. The summed E-state index contributed by atoms with van der Waals surface area (Å²) < 4.78 is 4.96. The minimum Gasteiger partial charge on any atom is -0.309 e. The lowest BCUT2D eigenvalue weighted by Crippen LogP contribution is -2.03. The van der Waals surface area contributed by atoms with E-state index in [4.69, 9.17) is 15.0 Å². The molecule has 0 bridgehead atoms. The fraction of sp³-hybridized carbons (Fsp3) is 0. The quantitative estimate of drug-likeness (QED) is 0.157. The van der Waals surface area contributed by atoms with Crippen LogP contribution in [0.25, 0.3) is 126 Å². The van der Waals surface area contributed by atoms with Gasteiger partial charge in [0.2, 0.25) is 0 Å². The topological polar surface area (TPSA) is 43.6 Å². The van der Waals surface area contributed by atoms with E-state index in [-0.39, 0.29) is 0 Å². The Hall–Kier alpha value is -8.25. The van der Waals surface area contributed by atoms with Gasteiger partial charge in [-0.2, -0.15) is 0 Å². The molecule has 298 valence electrons. The first-order valence-corrected chi connectivity index (χ1v) is 22.4. The van der Waals surface area contributed by atoms with Crippen LogP contribution in [0.1, 0.15) is 0 Å². The van der Waals surface area contributed by atoms with Crippen molar-refractivity contribution in [2.45, 2.75) is 0 Å². The maximum atomic E-state index is 5.42. The summed E-state index contributed by atoms with van der Waals surface area (Å²) in [5.41, 5.74) is 10.7. The summed E-state index contributed by atoms with van der Waals surface area (Å²) >= 11 is 1.84. The number of aromatic nitrogens is 4. The van der Waals surface area contributed by atoms with E-state index in [1.54, 1.807) is 0 Å². The van der Waals surface area contributed by atoms with Gasteiger partial charge in [-0.05, 0) is 74.6 Å². The van der Waals surface area contributed by atoms with E-state index in [0.717, 1.165) is 60.9 Å². The molecule has 0 spiro atoms. The molecule has 5 heteroatoms. The number of benzene rings is 10. The van der Waals surface area contributed by atoms with Crippen LogP contribution in [0.3, 0.4) is 0 Å². The van der Waals surface area contributed by atoms with E-state index in [1.165, 1.54) is 47.3 Å². The van der Waals surface area contributed by atoms with Gasteiger partial charge in [-0.15, -0.1) is 11.3 Å². The molecule has 0 saturated heterocycles. The summed E-state index contributed by atoms with van der Waals surface area (Å²) in [6.07, 6.45) is 0. The van der Waals surface area contributed by atoms with E-state index in [2.05, 4.69) is 223 Å². The van der Waals surface area contributed by atoms with Gasteiger partial charge < -0.3 is 4.57 Å². The maximum Gasteiger partial charge on any atom is 0.164 e. The van der Waals surface area contributed by atoms with Crippen LogP contribution >= 0.6 is 11.3 Å². The summed E-state index contributed by atoms with van der Waals surface area (Å²) in [4.78, 5) is 16.2. The average molecular weight is 833 g/mol. The number of para-hydroxylation sites is 2.